The van der Waals surface area contributed by atoms with Crippen LogP contribution in [0.4, 0.5) is 5.69 Å². The average Bonchev–Trinajstić information content (AvgIpc) is 3.30. The van der Waals surface area contributed by atoms with Crippen molar-refractivity contribution in [2.75, 3.05) is 24.5 Å². The molecule has 1 saturated carbocycles. The van der Waals surface area contributed by atoms with Gasteiger partial charge in [-0.25, -0.2) is 0 Å². The minimum atomic E-state index is 0.172. The number of piperidine rings is 1. The first-order valence-electron chi connectivity index (χ1n) is 7.51. The van der Waals surface area contributed by atoms with E-state index in [2.05, 4.69) is 5.32 Å². The van der Waals surface area contributed by atoms with Crippen LogP contribution in [0.1, 0.15) is 25.7 Å². The highest BCUT2D eigenvalue weighted by molar-refractivity contribution is 6.30. The lowest BCUT2D eigenvalue weighted by atomic mass is 9.96. The Morgan fingerprint density at radius 1 is 1.15 bits per heavy atom. The number of hydrogen-bond donors (Lipinski definition) is 1. The van der Waals surface area contributed by atoms with Crippen molar-refractivity contribution in [3.8, 4) is 0 Å². The van der Waals surface area contributed by atoms with Crippen molar-refractivity contribution < 1.29 is 4.79 Å². The fourth-order valence-electron chi connectivity index (χ4n) is 2.79. The van der Waals surface area contributed by atoms with E-state index in [0.29, 0.717) is 11.8 Å². The number of nitrogens with one attached hydrogen (secondary N) is 1. The molecular weight excluding hydrogens is 272 g/mol. The van der Waals surface area contributed by atoms with Crippen molar-refractivity contribution in [2.45, 2.75) is 25.7 Å². The molecule has 3 rings (SSSR count). The van der Waals surface area contributed by atoms with E-state index in [0.717, 1.165) is 43.2 Å². The van der Waals surface area contributed by atoms with Gasteiger partial charge in [0.25, 0.3) is 0 Å². The molecule has 0 atom stereocenters. The molecule has 2 fully saturated rings. The van der Waals surface area contributed by atoms with E-state index in [4.69, 9.17) is 11.6 Å². The molecule has 108 valence electrons. The highest BCUT2D eigenvalue weighted by Gasteiger charge is 2.31. The van der Waals surface area contributed by atoms with Crippen LogP contribution in [0.15, 0.2) is 24.3 Å². The summed E-state index contributed by atoms with van der Waals surface area (Å²) in [6.45, 7) is 2.77. The number of amides is 1. The molecule has 4 heteroatoms. The summed E-state index contributed by atoms with van der Waals surface area (Å²) in [5.74, 6) is 1.16. The molecule has 3 nitrogen and oxygen atoms in total. The number of halogens is 1. The lowest BCUT2D eigenvalue weighted by Crippen LogP contribution is -2.42. The molecular formula is C16H21ClN2O. The number of carbonyl (C=O) groups is 1. The van der Waals surface area contributed by atoms with Gasteiger partial charge in [0, 0.05) is 23.2 Å². The van der Waals surface area contributed by atoms with Crippen LogP contribution in [0.3, 0.4) is 0 Å². The minimum Gasteiger partial charge on any atom is -0.317 e. The molecule has 0 spiro atoms. The lowest BCUT2D eigenvalue weighted by Gasteiger charge is -2.30. The molecule has 0 unspecified atom stereocenters. The smallest absolute Gasteiger partial charge is 0.230 e. The summed E-state index contributed by atoms with van der Waals surface area (Å²) >= 11 is 5.95. The van der Waals surface area contributed by atoms with Crippen LogP contribution < -0.4 is 10.2 Å². The summed E-state index contributed by atoms with van der Waals surface area (Å²) in [4.78, 5) is 14.8. The van der Waals surface area contributed by atoms with Crippen molar-refractivity contribution in [3.05, 3.63) is 29.3 Å². The van der Waals surface area contributed by atoms with Crippen LogP contribution in [0, 0.1) is 11.8 Å². The van der Waals surface area contributed by atoms with Gasteiger partial charge in [-0.1, -0.05) is 11.6 Å². The number of carbonyl (C=O) groups excluding carboxylic acids is 1. The normalized spacial score (nSPS) is 19.9. The van der Waals surface area contributed by atoms with Gasteiger partial charge in [-0.15, -0.1) is 0 Å². The Morgan fingerprint density at radius 2 is 1.80 bits per heavy atom. The maximum Gasteiger partial charge on any atom is 0.230 e. The summed E-state index contributed by atoms with van der Waals surface area (Å²) < 4.78 is 0. The van der Waals surface area contributed by atoms with Crippen molar-refractivity contribution in [1.82, 2.24) is 5.32 Å². The van der Waals surface area contributed by atoms with Gasteiger partial charge in [0.2, 0.25) is 5.91 Å². The third-order valence-electron chi connectivity index (χ3n) is 4.23. The number of rotatable bonds is 4. The zero-order valence-electron chi connectivity index (χ0n) is 11.6. The second-order valence-corrected chi connectivity index (χ2v) is 6.33. The molecule has 1 heterocycles. The van der Waals surface area contributed by atoms with Crippen molar-refractivity contribution >= 4 is 23.2 Å². The Morgan fingerprint density at radius 3 is 2.40 bits per heavy atom. The van der Waals surface area contributed by atoms with E-state index in [1.165, 1.54) is 12.8 Å². The van der Waals surface area contributed by atoms with Crippen LogP contribution in [0.25, 0.3) is 0 Å². The van der Waals surface area contributed by atoms with Gasteiger partial charge in [0.1, 0.15) is 0 Å². The molecule has 1 aromatic carbocycles. The Bertz CT molecular complexity index is 464. The van der Waals surface area contributed by atoms with E-state index in [9.17, 15) is 4.79 Å². The second kappa shape index (κ2) is 6.15. The molecule has 0 aromatic heterocycles. The van der Waals surface area contributed by atoms with Crippen LogP contribution in [0.5, 0.6) is 0 Å². The fraction of sp³-hybridized carbons (Fsp3) is 0.562. The van der Waals surface area contributed by atoms with Crippen LogP contribution in [0.2, 0.25) is 5.02 Å². The first-order valence-corrected chi connectivity index (χ1v) is 7.89. The van der Waals surface area contributed by atoms with Gasteiger partial charge in [0.05, 0.1) is 0 Å². The number of hydrogen-bond acceptors (Lipinski definition) is 2. The topological polar surface area (TPSA) is 32.3 Å². The zero-order valence-corrected chi connectivity index (χ0v) is 12.4. The van der Waals surface area contributed by atoms with Gasteiger partial charge in [-0.3, -0.25) is 4.79 Å². The van der Waals surface area contributed by atoms with Gasteiger partial charge >= 0.3 is 0 Å². The van der Waals surface area contributed by atoms with E-state index >= 15 is 0 Å². The van der Waals surface area contributed by atoms with E-state index in [1.54, 1.807) is 0 Å². The molecule has 1 aromatic rings. The highest BCUT2D eigenvalue weighted by atomic mass is 35.5. The van der Waals surface area contributed by atoms with Gasteiger partial charge in [-0.05, 0) is 69.0 Å². The van der Waals surface area contributed by atoms with Gasteiger partial charge < -0.3 is 10.2 Å². The predicted molar refractivity (Wildman–Crippen MR) is 82.1 cm³/mol. The minimum absolute atomic E-state index is 0.172. The number of benzene rings is 1. The molecule has 1 N–H and O–H groups in total. The molecule has 1 amide bonds. The monoisotopic (exact) mass is 292 g/mol. The zero-order chi connectivity index (χ0) is 13.9. The van der Waals surface area contributed by atoms with E-state index < -0.39 is 0 Å². The average molecular weight is 293 g/mol. The molecule has 0 bridgehead atoms. The Labute approximate surface area is 125 Å². The SMILES string of the molecule is O=C(C1CCNCC1)N(CC1CC1)c1ccc(Cl)cc1. The molecule has 0 radical (unpaired) electrons. The van der Waals surface area contributed by atoms with Gasteiger partial charge in [0.15, 0.2) is 0 Å². The number of anilines is 1. The Balaban J connectivity index is 1.77. The maximum absolute atomic E-state index is 12.8. The predicted octanol–water partition coefficient (Wildman–Crippen LogP) is 3.08. The van der Waals surface area contributed by atoms with E-state index in [-0.39, 0.29) is 5.92 Å². The first-order chi connectivity index (χ1) is 9.74. The second-order valence-electron chi connectivity index (χ2n) is 5.89. The summed E-state index contributed by atoms with van der Waals surface area (Å²) in [5, 5.41) is 4.04. The summed E-state index contributed by atoms with van der Waals surface area (Å²) in [5.41, 5.74) is 0.991. The highest BCUT2D eigenvalue weighted by Crippen LogP contribution is 2.33. The molecule has 20 heavy (non-hydrogen) atoms. The van der Waals surface area contributed by atoms with Crippen LogP contribution in [-0.2, 0) is 4.79 Å². The Hall–Kier alpha value is -1.06. The summed E-state index contributed by atoms with van der Waals surface area (Å²) in [6.07, 6.45) is 4.41. The van der Waals surface area contributed by atoms with Gasteiger partial charge in [-0.2, -0.15) is 0 Å². The molecule has 1 aliphatic carbocycles. The van der Waals surface area contributed by atoms with Crippen molar-refractivity contribution in [2.24, 2.45) is 11.8 Å². The fourth-order valence-corrected chi connectivity index (χ4v) is 2.92. The standard InChI is InChI=1S/C16H21ClN2O/c17-14-3-5-15(6-4-14)19(11-12-1-2-12)16(20)13-7-9-18-10-8-13/h3-6,12-13,18H,1-2,7-11H2. The molecule has 1 saturated heterocycles. The van der Waals surface area contributed by atoms with Crippen LogP contribution in [-0.4, -0.2) is 25.5 Å². The van der Waals surface area contributed by atoms with Crippen molar-refractivity contribution in [1.29, 1.82) is 0 Å². The van der Waals surface area contributed by atoms with E-state index in [1.807, 2.05) is 29.2 Å². The van der Waals surface area contributed by atoms with Crippen molar-refractivity contribution in [3.63, 3.8) is 0 Å². The third kappa shape index (κ3) is 3.33. The largest absolute Gasteiger partial charge is 0.317 e. The molecule has 1 aliphatic heterocycles. The Kier molecular flexibility index (Phi) is 4.27. The maximum atomic E-state index is 12.8. The molecule has 2 aliphatic rings. The third-order valence-corrected chi connectivity index (χ3v) is 4.48. The lowest BCUT2D eigenvalue weighted by molar-refractivity contribution is -0.123. The first kappa shape index (κ1) is 13.9. The summed E-state index contributed by atoms with van der Waals surface area (Å²) in [7, 11) is 0. The van der Waals surface area contributed by atoms with Crippen LogP contribution >= 0.6 is 11.6 Å². The number of nitrogens with zero attached hydrogens (tertiary/aromatic N) is 1. The summed E-state index contributed by atoms with van der Waals surface area (Å²) in [6, 6.07) is 7.66. The quantitative estimate of drug-likeness (QED) is 0.925.